The van der Waals surface area contributed by atoms with Crippen LogP contribution in [0.4, 0.5) is 5.69 Å². The van der Waals surface area contributed by atoms with Crippen molar-refractivity contribution in [2.75, 3.05) is 24.5 Å². The summed E-state index contributed by atoms with van der Waals surface area (Å²) in [4.78, 5) is 22.1. The number of allylic oxidation sites excluding steroid dienone is 1. The van der Waals surface area contributed by atoms with Crippen molar-refractivity contribution in [1.29, 1.82) is 0 Å². The van der Waals surface area contributed by atoms with Crippen molar-refractivity contribution in [1.82, 2.24) is 9.88 Å². The zero-order valence-corrected chi connectivity index (χ0v) is 21.0. The average molecular weight is 484 g/mol. The lowest BCUT2D eigenvalue weighted by Crippen LogP contribution is -2.33. The first-order valence-electron chi connectivity index (χ1n) is 12.9. The van der Waals surface area contributed by atoms with Crippen molar-refractivity contribution in [2.24, 2.45) is 0 Å². The molecule has 1 saturated heterocycles. The number of nitrogens with zero attached hydrogens (tertiary/aromatic N) is 3. The molecular formula is C30H33N3O3. The molecule has 0 saturated carbocycles. The number of phenols is 1. The van der Waals surface area contributed by atoms with Gasteiger partial charge in [0.15, 0.2) is 5.76 Å². The van der Waals surface area contributed by atoms with E-state index in [4.69, 9.17) is 4.74 Å². The minimum absolute atomic E-state index is 0.151. The van der Waals surface area contributed by atoms with Crippen molar-refractivity contribution in [3.63, 3.8) is 0 Å². The Hall–Kier alpha value is -3.64. The van der Waals surface area contributed by atoms with Gasteiger partial charge in [0.1, 0.15) is 11.5 Å². The van der Waals surface area contributed by atoms with E-state index in [9.17, 15) is 9.90 Å². The van der Waals surface area contributed by atoms with Gasteiger partial charge >= 0.3 is 0 Å². The number of phenolic OH excluding ortho intramolecular Hbond substituents is 1. The van der Waals surface area contributed by atoms with E-state index in [1.54, 1.807) is 24.4 Å². The standard InChI is InChI=1S/C30H33N3O3/c1-3-32(4-2)23-12-10-21(11-13-23)18-28-29(35)24-14-15-27(34)25(30(24)36-28)20-33-17-6-5-9-26(33)22-8-7-16-31-19-22/h7-8,10-16,18-19,26,34H,3-6,9,17,20H2,1-2H3/b28-18-/t26-/m0/s1. The van der Waals surface area contributed by atoms with Crippen LogP contribution in [0.5, 0.6) is 11.5 Å². The summed E-state index contributed by atoms with van der Waals surface area (Å²) in [6.07, 6.45) is 8.79. The molecule has 0 bridgehead atoms. The summed E-state index contributed by atoms with van der Waals surface area (Å²) in [5.41, 5.74) is 4.40. The fourth-order valence-corrected chi connectivity index (χ4v) is 5.31. The Morgan fingerprint density at radius 2 is 1.92 bits per heavy atom. The second kappa shape index (κ2) is 10.5. The van der Waals surface area contributed by atoms with Gasteiger partial charge in [-0.15, -0.1) is 0 Å². The third kappa shape index (κ3) is 4.73. The number of likely N-dealkylation sites (tertiary alicyclic amines) is 1. The number of pyridine rings is 1. The van der Waals surface area contributed by atoms with Crippen LogP contribution in [0, 0.1) is 0 Å². The van der Waals surface area contributed by atoms with Crippen LogP contribution in [0.3, 0.4) is 0 Å². The maximum Gasteiger partial charge on any atom is 0.231 e. The van der Waals surface area contributed by atoms with Crippen LogP contribution in [0.2, 0.25) is 0 Å². The van der Waals surface area contributed by atoms with Gasteiger partial charge in [-0.1, -0.05) is 24.6 Å². The van der Waals surface area contributed by atoms with E-state index in [0.717, 1.165) is 50.1 Å². The van der Waals surface area contributed by atoms with Gasteiger partial charge in [-0.05, 0) is 80.8 Å². The van der Waals surface area contributed by atoms with E-state index in [-0.39, 0.29) is 23.3 Å². The zero-order valence-electron chi connectivity index (χ0n) is 21.0. The van der Waals surface area contributed by atoms with Crippen LogP contribution < -0.4 is 9.64 Å². The minimum atomic E-state index is -0.151. The Balaban J connectivity index is 1.41. The van der Waals surface area contributed by atoms with Crippen LogP contribution in [-0.2, 0) is 6.54 Å². The number of hydrogen-bond donors (Lipinski definition) is 1. The molecule has 2 aliphatic heterocycles. The van der Waals surface area contributed by atoms with E-state index in [1.807, 2.05) is 24.4 Å². The number of carbonyl (C=O) groups excluding carboxylic acids is 1. The van der Waals surface area contributed by atoms with Crippen LogP contribution in [0.1, 0.15) is 66.2 Å². The summed E-state index contributed by atoms with van der Waals surface area (Å²) >= 11 is 0. The smallest absolute Gasteiger partial charge is 0.231 e. The van der Waals surface area contributed by atoms with Crippen molar-refractivity contribution in [3.8, 4) is 11.5 Å². The predicted octanol–water partition coefficient (Wildman–Crippen LogP) is 5.98. The lowest BCUT2D eigenvalue weighted by molar-refractivity contribution is 0.101. The molecule has 36 heavy (non-hydrogen) atoms. The second-order valence-corrected chi connectivity index (χ2v) is 9.41. The summed E-state index contributed by atoms with van der Waals surface area (Å²) in [7, 11) is 0. The first-order chi connectivity index (χ1) is 17.6. The Kier molecular flexibility index (Phi) is 7.05. The Labute approximate surface area is 212 Å². The molecule has 3 heterocycles. The van der Waals surface area contributed by atoms with Gasteiger partial charge in [0.2, 0.25) is 5.78 Å². The van der Waals surface area contributed by atoms with E-state index in [2.05, 4.69) is 46.8 Å². The van der Waals surface area contributed by atoms with Crippen LogP contribution >= 0.6 is 0 Å². The molecule has 1 fully saturated rings. The lowest BCUT2D eigenvalue weighted by Gasteiger charge is -2.36. The molecule has 1 atom stereocenters. The maximum atomic E-state index is 13.2. The van der Waals surface area contributed by atoms with Gasteiger partial charge < -0.3 is 14.7 Å². The van der Waals surface area contributed by atoms with Crippen LogP contribution in [0.15, 0.2) is 66.7 Å². The van der Waals surface area contributed by atoms with E-state index >= 15 is 0 Å². The third-order valence-corrected chi connectivity index (χ3v) is 7.28. The second-order valence-electron chi connectivity index (χ2n) is 9.41. The molecule has 6 nitrogen and oxygen atoms in total. The molecule has 0 unspecified atom stereocenters. The molecule has 2 aromatic carbocycles. The van der Waals surface area contributed by atoms with Gasteiger partial charge in [0, 0.05) is 43.8 Å². The molecule has 0 amide bonds. The number of anilines is 1. The predicted molar refractivity (Wildman–Crippen MR) is 142 cm³/mol. The van der Waals surface area contributed by atoms with Gasteiger partial charge in [0.25, 0.3) is 0 Å². The van der Waals surface area contributed by atoms with Crippen LogP contribution in [-0.4, -0.2) is 40.4 Å². The molecule has 1 aromatic heterocycles. The number of ketones is 1. The van der Waals surface area contributed by atoms with E-state index < -0.39 is 0 Å². The average Bonchev–Trinajstić information content (AvgIpc) is 3.23. The quantitative estimate of drug-likeness (QED) is 0.417. The number of hydrogen-bond acceptors (Lipinski definition) is 6. The molecule has 1 N–H and O–H groups in total. The normalized spacial score (nSPS) is 18.8. The van der Waals surface area contributed by atoms with Crippen molar-refractivity contribution >= 4 is 17.5 Å². The number of aromatic hydroxyl groups is 1. The van der Waals surface area contributed by atoms with Crippen molar-refractivity contribution in [2.45, 2.75) is 45.7 Å². The maximum absolute atomic E-state index is 13.2. The van der Waals surface area contributed by atoms with Crippen molar-refractivity contribution in [3.05, 3.63) is 88.9 Å². The first-order valence-corrected chi connectivity index (χ1v) is 12.9. The number of ether oxygens (including phenoxy) is 1. The Morgan fingerprint density at radius 3 is 2.64 bits per heavy atom. The van der Waals surface area contributed by atoms with Gasteiger partial charge in [-0.3, -0.25) is 14.7 Å². The highest BCUT2D eigenvalue weighted by atomic mass is 16.5. The third-order valence-electron chi connectivity index (χ3n) is 7.28. The Bertz CT molecular complexity index is 1250. The number of rotatable bonds is 7. The molecule has 0 spiro atoms. The van der Waals surface area contributed by atoms with Gasteiger partial charge in [-0.25, -0.2) is 0 Å². The largest absolute Gasteiger partial charge is 0.507 e. The number of piperidine rings is 1. The molecule has 186 valence electrons. The fourth-order valence-electron chi connectivity index (χ4n) is 5.31. The number of aromatic nitrogens is 1. The fraction of sp³-hybridized carbons (Fsp3) is 0.333. The molecule has 2 aliphatic rings. The van der Waals surface area contributed by atoms with Gasteiger partial charge in [-0.2, -0.15) is 0 Å². The number of carbonyl (C=O) groups is 1. The molecule has 5 rings (SSSR count). The number of fused-ring (bicyclic) bond motifs is 1. The molecule has 3 aromatic rings. The first kappa shape index (κ1) is 24.1. The molecular weight excluding hydrogens is 450 g/mol. The Morgan fingerprint density at radius 1 is 1.11 bits per heavy atom. The monoisotopic (exact) mass is 483 g/mol. The zero-order chi connectivity index (χ0) is 25.1. The number of Topliss-reactive ketones (excluding diaryl/α,β-unsaturated/α-hetero) is 1. The lowest BCUT2D eigenvalue weighted by atomic mass is 9.95. The van der Waals surface area contributed by atoms with Gasteiger partial charge in [0.05, 0.1) is 11.1 Å². The highest BCUT2D eigenvalue weighted by Gasteiger charge is 2.33. The van der Waals surface area contributed by atoms with E-state index in [0.29, 0.717) is 23.4 Å². The summed E-state index contributed by atoms with van der Waals surface area (Å²) < 4.78 is 6.14. The topological polar surface area (TPSA) is 65.9 Å². The summed E-state index contributed by atoms with van der Waals surface area (Å²) in [6.45, 7) is 7.58. The van der Waals surface area contributed by atoms with Crippen LogP contribution in [0.25, 0.3) is 6.08 Å². The minimum Gasteiger partial charge on any atom is -0.507 e. The molecule has 0 radical (unpaired) electrons. The summed E-state index contributed by atoms with van der Waals surface area (Å²) in [6, 6.07) is 15.7. The summed E-state index contributed by atoms with van der Waals surface area (Å²) in [5.74, 6) is 0.764. The molecule has 6 heteroatoms. The number of benzene rings is 2. The molecule has 0 aliphatic carbocycles. The van der Waals surface area contributed by atoms with Crippen molar-refractivity contribution < 1.29 is 14.6 Å². The highest BCUT2D eigenvalue weighted by molar-refractivity contribution is 6.15. The highest BCUT2D eigenvalue weighted by Crippen LogP contribution is 2.42. The summed E-state index contributed by atoms with van der Waals surface area (Å²) in [5, 5.41) is 10.8. The van der Waals surface area contributed by atoms with E-state index in [1.165, 1.54) is 5.56 Å². The SMILES string of the molecule is CCN(CC)c1ccc(/C=C2\Oc3c(ccc(O)c3CN3CCCC[C@H]3c3cccnc3)C2=O)cc1.